The Kier molecular flexibility index (Phi) is 3.98. The molecule has 76 valence electrons. The lowest BCUT2D eigenvalue weighted by Gasteiger charge is -2.05. The summed E-state index contributed by atoms with van der Waals surface area (Å²) in [5, 5.41) is 3.03. The molecule has 3 N–H and O–H groups in total. The summed E-state index contributed by atoms with van der Waals surface area (Å²) >= 11 is 0. The Labute approximate surface area is 85.0 Å². The van der Waals surface area contributed by atoms with E-state index in [0.717, 1.165) is 18.7 Å². The molecule has 1 rings (SSSR count). The highest BCUT2D eigenvalue weighted by atomic mass is 15.1. The number of nitrogens with two attached hydrogens (primary N) is 1. The summed E-state index contributed by atoms with van der Waals surface area (Å²) < 4.78 is 0. The molecule has 0 radical (unpaired) electrons. The van der Waals surface area contributed by atoms with Crippen LogP contribution in [0, 0.1) is 6.92 Å². The van der Waals surface area contributed by atoms with Crippen LogP contribution in [0.15, 0.2) is 29.3 Å². The van der Waals surface area contributed by atoms with Gasteiger partial charge in [-0.1, -0.05) is 24.6 Å². The number of nitrogens with one attached hydrogen (secondary N) is 1. The van der Waals surface area contributed by atoms with Crippen molar-refractivity contribution in [3.8, 4) is 0 Å². The van der Waals surface area contributed by atoms with E-state index in [-0.39, 0.29) is 0 Å². The predicted molar refractivity (Wildman–Crippen MR) is 61.6 cm³/mol. The van der Waals surface area contributed by atoms with Crippen LogP contribution >= 0.6 is 0 Å². The molecule has 0 aliphatic heterocycles. The Morgan fingerprint density at radius 3 is 2.57 bits per heavy atom. The first-order chi connectivity index (χ1) is 6.72. The van der Waals surface area contributed by atoms with Crippen LogP contribution in [0.2, 0.25) is 0 Å². The quantitative estimate of drug-likeness (QED) is 0.568. The molecule has 3 nitrogen and oxygen atoms in total. The van der Waals surface area contributed by atoms with Gasteiger partial charge in [-0.05, 0) is 25.5 Å². The van der Waals surface area contributed by atoms with E-state index in [9.17, 15) is 0 Å². The third-order valence-corrected chi connectivity index (χ3v) is 1.83. The van der Waals surface area contributed by atoms with Crippen molar-refractivity contribution in [2.75, 3.05) is 11.9 Å². The molecule has 0 aromatic heterocycles. The van der Waals surface area contributed by atoms with Crippen LogP contribution in [0.25, 0.3) is 0 Å². The molecule has 0 saturated heterocycles. The Morgan fingerprint density at radius 1 is 1.36 bits per heavy atom. The summed E-state index contributed by atoms with van der Waals surface area (Å²) in [5.74, 6) is 0.482. The highest BCUT2D eigenvalue weighted by Gasteiger charge is 1.93. The highest BCUT2D eigenvalue weighted by Crippen LogP contribution is 2.07. The second kappa shape index (κ2) is 5.27. The van der Waals surface area contributed by atoms with E-state index < -0.39 is 0 Å². The first kappa shape index (κ1) is 10.6. The van der Waals surface area contributed by atoms with Gasteiger partial charge >= 0.3 is 0 Å². The maximum Gasteiger partial charge on any atom is 0.193 e. The summed E-state index contributed by atoms with van der Waals surface area (Å²) in [6.07, 6.45) is 1.01. The highest BCUT2D eigenvalue weighted by molar-refractivity contribution is 5.92. The van der Waals surface area contributed by atoms with Gasteiger partial charge in [0.25, 0.3) is 0 Å². The van der Waals surface area contributed by atoms with Crippen molar-refractivity contribution in [1.29, 1.82) is 0 Å². The molecule has 0 bridgehead atoms. The van der Waals surface area contributed by atoms with E-state index in [4.69, 9.17) is 5.73 Å². The van der Waals surface area contributed by atoms with E-state index in [0.29, 0.717) is 5.96 Å². The Hall–Kier alpha value is -1.51. The zero-order valence-corrected chi connectivity index (χ0v) is 8.75. The molecule has 14 heavy (non-hydrogen) atoms. The van der Waals surface area contributed by atoms with E-state index in [1.54, 1.807) is 0 Å². The smallest absolute Gasteiger partial charge is 0.193 e. The van der Waals surface area contributed by atoms with Gasteiger partial charge in [0, 0.05) is 12.2 Å². The largest absolute Gasteiger partial charge is 0.370 e. The molecule has 0 aliphatic rings. The molecule has 0 aliphatic carbocycles. The maximum atomic E-state index is 5.67. The Bertz CT molecular complexity index is 301. The van der Waals surface area contributed by atoms with Crippen LogP contribution in [0.3, 0.4) is 0 Å². The average Bonchev–Trinajstić information content (AvgIpc) is 2.18. The maximum absolute atomic E-state index is 5.67. The van der Waals surface area contributed by atoms with Gasteiger partial charge in [-0.3, -0.25) is 4.99 Å². The molecular formula is C11H17N3. The summed E-state index contributed by atoms with van der Waals surface area (Å²) in [4.78, 5) is 4.14. The number of nitrogens with zero attached hydrogens (tertiary/aromatic N) is 1. The number of hydrogen-bond donors (Lipinski definition) is 2. The predicted octanol–water partition coefficient (Wildman–Crippen LogP) is 2.13. The van der Waals surface area contributed by atoms with Crippen molar-refractivity contribution in [1.82, 2.24) is 0 Å². The lowest BCUT2D eigenvalue weighted by molar-refractivity contribution is 0.929. The Balaban J connectivity index is 2.56. The molecule has 0 amide bonds. The molecule has 0 spiro atoms. The molecule has 0 unspecified atom stereocenters. The van der Waals surface area contributed by atoms with Gasteiger partial charge in [0.2, 0.25) is 0 Å². The van der Waals surface area contributed by atoms with Crippen molar-refractivity contribution in [3.05, 3.63) is 29.8 Å². The average molecular weight is 191 g/mol. The van der Waals surface area contributed by atoms with Gasteiger partial charge in [0.05, 0.1) is 0 Å². The fourth-order valence-corrected chi connectivity index (χ4v) is 1.06. The fourth-order valence-electron chi connectivity index (χ4n) is 1.06. The van der Waals surface area contributed by atoms with Gasteiger partial charge in [-0.2, -0.15) is 0 Å². The van der Waals surface area contributed by atoms with Gasteiger partial charge in [0.15, 0.2) is 5.96 Å². The topological polar surface area (TPSA) is 50.4 Å². The molecule has 3 heteroatoms. The number of rotatable bonds is 3. The monoisotopic (exact) mass is 191 g/mol. The molecule has 0 atom stereocenters. The van der Waals surface area contributed by atoms with Crippen molar-refractivity contribution in [3.63, 3.8) is 0 Å². The van der Waals surface area contributed by atoms with Crippen LogP contribution in [0.1, 0.15) is 18.9 Å². The standard InChI is InChI=1S/C11H17N3/c1-3-8-13-11(12)14-10-6-4-9(2)5-7-10/h4-7H,3,8H2,1-2H3,(H3,12,13,14). The van der Waals surface area contributed by atoms with E-state index >= 15 is 0 Å². The molecule has 0 heterocycles. The van der Waals surface area contributed by atoms with Crippen LogP contribution < -0.4 is 11.1 Å². The number of anilines is 1. The number of guanidine groups is 1. The molecule has 0 fully saturated rings. The number of benzene rings is 1. The van der Waals surface area contributed by atoms with Crippen molar-refractivity contribution in [2.24, 2.45) is 10.7 Å². The lowest BCUT2D eigenvalue weighted by Crippen LogP contribution is -2.22. The van der Waals surface area contributed by atoms with Crippen LogP contribution in [0.5, 0.6) is 0 Å². The van der Waals surface area contributed by atoms with Gasteiger partial charge < -0.3 is 11.1 Å². The van der Waals surface area contributed by atoms with Gasteiger partial charge in [-0.15, -0.1) is 0 Å². The molecule has 1 aromatic carbocycles. The third-order valence-electron chi connectivity index (χ3n) is 1.83. The summed E-state index contributed by atoms with van der Waals surface area (Å²) in [5.41, 5.74) is 7.88. The zero-order valence-electron chi connectivity index (χ0n) is 8.75. The second-order valence-corrected chi connectivity index (χ2v) is 3.26. The van der Waals surface area contributed by atoms with E-state index in [1.165, 1.54) is 5.56 Å². The summed E-state index contributed by atoms with van der Waals surface area (Å²) in [6.45, 7) is 4.89. The summed E-state index contributed by atoms with van der Waals surface area (Å²) in [7, 11) is 0. The minimum atomic E-state index is 0.482. The number of aryl methyl sites for hydroxylation is 1. The normalized spacial score (nSPS) is 11.4. The fraction of sp³-hybridized carbons (Fsp3) is 0.364. The van der Waals surface area contributed by atoms with Crippen LogP contribution in [-0.2, 0) is 0 Å². The summed E-state index contributed by atoms with van der Waals surface area (Å²) in [6, 6.07) is 8.05. The van der Waals surface area contributed by atoms with Gasteiger partial charge in [0.1, 0.15) is 0 Å². The molecule has 1 aromatic rings. The van der Waals surface area contributed by atoms with Crippen molar-refractivity contribution >= 4 is 11.6 Å². The minimum Gasteiger partial charge on any atom is -0.370 e. The Morgan fingerprint density at radius 2 is 2.00 bits per heavy atom. The third kappa shape index (κ3) is 3.47. The molecular weight excluding hydrogens is 174 g/mol. The SMILES string of the molecule is CCCN=C(N)Nc1ccc(C)cc1. The van der Waals surface area contributed by atoms with E-state index in [1.807, 2.05) is 24.3 Å². The first-order valence-corrected chi connectivity index (χ1v) is 4.86. The number of hydrogen-bond acceptors (Lipinski definition) is 1. The van der Waals surface area contributed by atoms with Crippen molar-refractivity contribution in [2.45, 2.75) is 20.3 Å². The zero-order chi connectivity index (χ0) is 10.4. The van der Waals surface area contributed by atoms with Gasteiger partial charge in [-0.25, -0.2) is 0 Å². The first-order valence-electron chi connectivity index (χ1n) is 4.86. The van der Waals surface area contributed by atoms with Crippen LogP contribution in [-0.4, -0.2) is 12.5 Å². The van der Waals surface area contributed by atoms with E-state index in [2.05, 4.69) is 24.2 Å². The minimum absolute atomic E-state index is 0.482. The van der Waals surface area contributed by atoms with Crippen LogP contribution in [0.4, 0.5) is 5.69 Å². The van der Waals surface area contributed by atoms with Crippen molar-refractivity contribution < 1.29 is 0 Å². The number of aliphatic imine (C=N–C) groups is 1. The lowest BCUT2D eigenvalue weighted by atomic mass is 10.2. The molecule has 0 saturated carbocycles. The second-order valence-electron chi connectivity index (χ2n) is 3.26.